The third-order valence-electron chi connectivity index (χ3n) is 3.43. The lowest BCUT2D eigenvalue weighted by Crippen LogP contribution is -2.43. The molecule has 0 radical (unpaired) electrons. The molecule has 104 valence electrons. The fourth-order valence-corrected chi connectivity index (χ4v) is 2.60. The molecule has 0 amide bonds. The maximum Gasteiger partial charge on any atom is 0.273 e. The number of β-amino-alcohol motifs (C(OH)–C–C–N with tert-alkyl or cyclic N) is 1. The number of benzene rings is 1. The van der Waals surface area contributed by atoms with Crippen molar-refractivity contribution in [1.29, 1.82) is 0 Å². The van der Waals surface area contributed by atoms with Crippen molar-refractivity contribution in [3.8, 4) is 0 Å². The Hall–Kier alpha value is -1.50. The number of aliphatic hydroxyl groups excluding tert-OH is 2. The number of likely N-dealkylation sites (tertiary alicyclic amines) is 1. The largest absolute Gasteiger partial charge is 0.396 e. The van der Waals surface area contributed by atoms with E-state index >= 15 is 0 Å². The van der Waals surface area contributed by atoms with E-state index < -0.39 is 6.10 Å². The van der Waals surface area contributed by atoms with E-state index in [4.69, 9.17) is 0 Å². The smallest absolute Gasteiger partial charge is 0.273 e. The Morgan fingerprint density at radius 3 is 2.79 bits per heavy atom. The number of nitro groups is 1. The number of hydrogen-bond acceptors (Lipinski definition) is 5. The molecule has 0 spiro atoms. The fraction of sp³-hybridized carbons (Fsp3) is 0.538. The van der Waals surface area contributed by atoms with Crippen molar-refractivity contribution >= 4 is 5.69 Å². The Balaban J connectivity index is 2.10. The van der Waals surface area contributed by atoms with Crippen LogP contribution < -0.4 is 0 Å². The Morgan fingerprint density at radius 1 is 1.37 bits per heavy atom. The van der Waals surface area contributed by atoms with Gasteiger partial charge >= 0.3 is 0 Å². The van der Waals surface area contributed by atoms with Crippen molar-refractivity contribution < 1.29 is 15.1 Å². The Kier molecular flexibility index (Phi) is 4.47. The van der Waals surface area contributed by atoms with Crippen molar-refractivity contribution in [2.24, 2.45) is 5.92 Å². The van der Waals surface area contributed by atoms with Crippen molar-refractivity contribution in [3.63, 3.8) is 0 Å². The molecule has 0 aromatic heterocycles. The number of para-hydroxylation sites is 1. The Bertz CT molecular complexity index is 452. The van der Waals surface area contributed by atoms with Gasteiger partial charge in [0.2, 0.25) is 0 Å². The van der Waals surface area contributed by atoms with Crippen LogP contribution in [0.4, 0.5) is 5.69 Å². The third-order valence-corrected chi connectivity index (χ3v) is 3.43. The first-order chi connectivity index (χ1) is 9.10. The highest BCUT2D eigenvalue weighted by Crippen LogP contribution is 2.23. The quantitative estimate of drug-likeness (QED) is 0.621. The van der Waals surface area contributed by atoms with Crippen LogP contribution in [0.5, 0.6) is 0 Å². The molecule has 6 heteroatoms. The summed E-state index contributed by atoms with van der Waals surface area (Å²) in [4.78, 5) is 12.5. The van der Waals surface area contributed by atoms with Crippen LogP contribution in [0.1, 0.15) is 12.0 Å². The van der Waals surface area contributed by atoms with Gasteiger partial charge in [0, 0.05) is 37.9 Å². The van der Waals surface area contributed by atoms with Gasteiger partial charge in [-0.15, -0.1) is 0 Å². The molecule has 2 atom stereocenters. The van der Waals surface area contributed by atoms with Gasteiger partial charge in [-0.3, -0.25) is 15.0 Å². The molecule has 2 rings (SSSR count). The zero-order valence-electron chi connectivity index (χ0n) is 10.6. The highest BCUT2D eigenvalue weighted by atomic mass is 16.6. The van der Waals surface area contributed by atoms with Gasteiger partial charge in [-0.1, -0.05) is 18.2 Å². The molecule has 1 aromatic rings. The standard InChI is InChI=1S/C13H18N2O4/c16-9-10-5-12(17)8-14(6-10)7-11-3-1-2-4-13(11)15(18)19/h1-4,10,12,16-17H,5-9H2. The molecule has 6 nitrogen and oxygen atoms in total. The topological polar surface area (TPSA) is 86.8 Å². The van der Waals surface area contributed by atoms with Gasteiger partial charge in [-0.05, 0) is 12.3 Å². The van der Waals surface area contributed by atoms with E-state index in [9.17, 15) is 20.3 Å². The summed E-state index contributed by atoms with van der Waals surface area (Å²) in [6.45, 7) is 1.59. The SMILES string of the molecule is O=[N+]([O-])c1ccccc1CN1CC(O)CC(CO)C1. The van der Waals surface area contributed by atoms with E-state index in [0.717, 1.165) is 0 Å². The zero-order valence-corrected chi connectivity index (χ0v) is 10.6. The van der Waals surface area contributed by atoms with E-state index in [1.165, 1.54) is 6.07 Å². The summed E-state index contributed by atoms with van der Waals surface area (Å²) in [6, 6.07) is 6.63. The number of hydrogen-bond donors (Lipinski definition) is 2. The number of nitrogens with zero attached hydrogens (tertiary/aromatic N) is 2. The molecular weight excluding hydrogens is 248 g/mol. The first-order valence-electron chi connectivity index (χ1n) is 6.33. The monoisotopic (exact) mass is 266 g/mol. The summed E-state index contributed by atoms with van der Waals surface area (Å²) < 4.78 is 0. The summed E-state index contributed by atoms with van der Waals surface area (Å²) in [7, 11) is 0. The normalized spacial score (nSPS) is 24.3. The van der Waals surface area contributed by atoms with Crippen LogP contribution in [0, 0.1) is 16.0 Å². The minimum atomic E-state index is -0.478. The summed E-state index contributed by atoms with van der Waals surface area (Å²) in [5.41, 5.74) is 0.737. The van der Waals surface area contributed by atoms with Crippen LogP contribution in [-0.2, 0) is 6.54 Å². The maximum absolute atomic E-state index is 10.9. The lowest BCUT2D eigenvalue weighted by molar-refractivity contribution is -0.385. The molecule has 1 aliphatic heterocycles. The Morgan fingerprint density at radius 2 is 2.11 bits per heavy atom. The van der Waals surface area contributed by atoms with E-state index in [0.29, 0.717) is 31.6 Å². The van der Waals surface area contributed by atoms with Crippen LogP contribution in [0.2, 0.25) is 0 Å². The molecule has 2 N–H and O–H groups in total. The van der Waals surface area contributed by atoms with Crippen molar-refractivity contribution in [2.45, 2.75) is 19.1 Å². The highest BCUT2D eigenvalue weighted by molar-refractivity contribution is 5.39. The van der Waals surface area contributed by atoms with Crippen molar-refractivity contribution in [1.82, 2.24) is 4.90 Å². The van der Waals surface area contributed by atoms with Gasteiger partial charge in [-0.25, -0.2) is 0 Å². The molecule has 2 unspecified atom stereocenters. The second-order valence-electron chi connectivity index (χ2n) is 5.02. The van der Waals surface area contributed by atoms with Gasteiger partial charge in [-0.2, -0.15) is 0 Å². The lowest BCUT2D eigenvalue weighted by Gasteiger charge is -2.34. The van der Waals surface area contributed by atoms with Gasteiger partial charge in [0.1, 0.15) is 0 Å². The van der Waals surface area contributed by atoms with Crippen LogP contribution in [0.25, 0.3) is 0 Å². The Labute approximate surface area is 111 Å². The molecule has 1 saturated heterocycles. The minimum Gasteiger partial charge on any atom is -0.396 e. The van der Waals surface area contributed by atoms with Crippen LogP contribution in [0.3, 0.4) is 0 Å². The summed E-state index contributed by atoms with van der Waals surface area (Å²) in [5, 5.41) is 29.9. The van der Waals surface area contributed by atoms with Crippen LogP contribution in [-0.4, -0.2) is 45.8 Å². The molecular formula is C13H18N2O4. The number of rotatable bonds is 4. The summed E-state index contributed by atoms with van der Waals surface area (Å²) in [6.07, 6.45) is 0.109. The zero-order chi connectivity index (χ0) is 13.8. The van der Waals surface area contributed by atoms with Gasteiger partial charge in [0.05, 0.1) is 11.0 Å². The molecule has 1 aromatic carbocycles. The number of aliphatic hydroxyl groups is 2. The molecule has 0 aliphatic carbocycles. The van der Waals surface area contributed by atoms with Crippen molar-refractivity contribution in [3.05, 3.63) is 39.9 Å². The predicted octanol–water partition coefficient (Wildman–Crippen LogP) is 0.770. The van der Waals surface area contributed by atoms with Gasteiger partial charge in [0.15, 0.2) is 0 Å². The number of nitro benzene ring substituents is 1. The number of piperidine rings is 1. The minimum absolute atomic E-state index is 0.0322. The van der Waals surface area contributed by atoms with E-state index in [-0.39, 0.29) is 23.1 Å². The first-order valence-corrected chi connectivity index (χ1v) is 6.33. The van der Waals surface area contributed by atoms with E-state index in [2.05, 4.69) is 0 Å². The molecule has 1 fully saturated rings. The van der Waals surface area contributed by atoms with E-state index in [1.54, 1.807) is 18.2 Å². The summed E-state index contributed by atoms with van der Waals surface area (Å²) in [5.74, 6) is 0.0338. The molecule has 1 aliphatic rings. The van der Waals surface area contributed by atoms with Crippen LogP contribution in [0.15, 0.2) is 24.3 Å². The predicted molar refractivity (Wildman–Crippen MR) is 69.6 cm³/mol. The van der Waals surface area contributed by atoms with Gasteiger partial charge < -0.3 is 10.2 Å². The molecule has 19 heavy (non-hydrogen) atoms. The van der Waals surface area contributed by atoms with Crippen molar-refractivity contribution in [2.75, 3.05) is 19.7 Å². The van der Waals surface area contributed by atoms with Gasteiger partial charge in [0.25, 0.3) is 5.69 Å². The maximum atomic E-state index is 10.9. The van der Waals surface area contributed by atoms with Crippen LogP contribution >= 0.6 is 0 Å². The van der Waals surface area contributed by atoms with E-state index in [1.807, 2.05) is 4.90 Å². The average molecular weight is 266 g/mol. The molecule has 1 heterocycles. The molecule has 0 saturated carbocycles. The fourth-order valence-electron chi connectivity index (χ4n) is 2.60. The second kappa shape index (κ2) is 6.10. The molecule has 0 bridgehead atoms. The second-order valence-corrected chi connectivity index (χ2v) is 5.02. The summed E-state index contributed by atoms with van der Waals surface area (Å²) >= 11 is 0. The average Bonchev–Trinajstić information content (AvgIpc) is 2.38. The third kappa shape index (κ3) is 3.50. The lowest BCUT2D eigenvalue weighted by atomic mass is 9.96. The first kappa shape index (κ1) is 13.9. The highest BCUT2D eigenvalue weighted by Gasteiger charge is 2.26.